The Hall–Kier alpha value is -2.24. The zero-order chi connectivity index (χ0) is 18.8. The van der Waals surface area contributed by atoms with E-state index in [1.54, 1.807) is 18.1 Å². The monoisotopic (exact) mass is 374 g/mol. The van der Waals surface area contributed by atoms with Gasteiger partial charge >= 0.3 is 0 Å². The van der Waals surface area contributed by atoms with Crippen LogP contribution in [0.3, 0.4) is 0 Å². The van der Waals surface area contributed by atoms with E-state index in [-0.39, 0.29) is 11.7 Å². The molecule has 0 saturated carbocycles. The number of aryl methyl sites for hydroxylation is 2. The lowest BCUT2D eigenvalue weighted by atomic mass is 9.97. The number of benzene rings is 2. The molecule has 0 saturated heterocycles. The van der Waals surface area contributed by atoms with E-state index in [2.05, 4.69) is 0 Å². The van der Waals surface area contributed by atoms with Gasteiger partial charge in [-0.05, 0) is 73.2 Å². The van der Waals surface area contributed by atoms with E-state index >= 15 is 0 Å². The van der Waals surface area contributed by atoms with Gasteiger partial charge in [0.05, 0.1) is 13.2 Å². The van der Waals surface area contributed by atoms with E-state index in [4.69, 9.17) is 22.1 Å². The quantitative estimate of drug-likeness (QED) is 0.861. The zero-order valence-corrected chi connectivity index (χ0v) is 15.7. The maximum absolute atomic E-state index is 13.0. The largest absolute Gasteiger partial charge is 0.508 e. The van der Waals surface area contributed by atoms with E-state index < -0.39 is 6.04 Å². The van der Waals surface area contributed by atoms with Crippen LogP contribution in [0, 0.1) is 6.92 Å². The number of hydrogen-bond donors (Lipinski definition) is 2. The van der Waals surface area contributed by atoms with Crippen LogP contribution in [-0.4, -0.2) is 30.7 Å². The molecule has 0 aliphatic carbocycles. The number of halogens is 1. The number of hydrogen-bond acceptors (Lipinski definition) is 4. The lowest BCUT2D eigenvalue weighted by Crippen LogP contribution is -2.47. The summed E-state index contributed by atoms with van der Waals surface area (Å²) >= 11 is 6.23. The molecule has 3 rings (SSSR count). The molecule has 0 spiro atoms. The van der Waals surface area contributed by atoms with Gasteiger partial charge in [0.1, 0.15) is 11.5 Å². The molecule has 1 amide bonds. The first kappa shape index (κ1) is 18.5. The number of nitrogens with two attached hydrogens (primary N) is 1. The summed E-state index contributed by atoms with van der Waals surface area (Å²) in [4.78, 5) is 14.7. The fourth-order valence-electron chi connectivity index (χ4n) is 3.45. The summed E-state index contributed by atoms with van der Waals surface area (Å²) in [6.45, 7) is 2.49. The standard InChI is InChI=1S/C20H23ClN2O3/c1-12-8-14(24)10-17(21)16(12)11-18(22)20(25)23-7-3-4-13-9-15(26-2)5-6-19(13)23/h5-6,8-10,18,24H,3-4,7,11,22H2,1-2H3/t18-/m1/s1. The fraction of sp³-hybridized carbons (Fsp3) is 0.350. The maximum Gasteiger partial charge on any atom is 0.244 e. The Morgan fingerprint density at radius 2 is 2.15 bits per heavy atom. The van der Waals surface area contributed by atoms with Crippen molar-refractivity contribution in [1.82, 2.24) is 0 Å². The summed E-state index contributed by atoms with van der Waals surface area (Å²) in [7, 11) is 1.63. The summed E-state index contributed by atoms with van der Waals surface area (Å²) in [6.07, 6.45) is 2.12. The van der Waals surface area contributed by atoms with Crippen LogP contribution in [0.2, 0.25) is 5.02 Å². The Kier molecular flexibility index (Phi) is 5.39. The number of phenols is 1. The molecule has 1 atom stereocenters. The van der Waals surface area contributed by atoms with Crippen molar-refractivity contribution >= 4 is 23.2 Å². The number of amides is 1. The Labute approximate surface area is 158 Å². The highest BCUT2D eigenvalue weighted by Gasteiger charge is 2.28. The van der Waals surface area contributed by atoms with Gasteiger partial charge in [0.2, 0.25) is 5.91 Å². The van der Waals surface area contributed by atoms with Crippen molar-refractivity contribution in [2.75, 3.05) is 18.6 Å². The Morgan fingerprint density at radius 1 is 1.38 bits per heavy atom. The molecule has 0 radical (unpaired) electrons. The van der Waals surface area contributed by atoms with Gasteiger partial charge in [0.25, 0.3) is 0 Å². The molecule has 2 aromatic carbocycles. The second kappa shape index (κ2) is 7.56. The first-order chi connectivity index (χ1) is 12.4. The molecule has 0 aromatic heterocycles. The van der Waals surface area contributed by atoms with Crippen molar-refractivity contribution in [3.63, 3.8) is 0 Å². The van der Waals surface area contributed by atoms with E-state index in [0.717, 1.165) is 41.0 Å². The molecule has 1 aliphatic heterocycles. The van der Waals surface area contributed by atoms with E-state index in [1.165, 1.54) is 6.07 Å². The molecule has 1 aliphatic rings. The van der Waals surface area contributed by atoms with Crippen molar-refractivity contribution in [1.29, 1.82) is 0 Å². The summed E-state index contributed by atoms with van der Waals surface area (Å²) < 4.78 is 5.28. The number of fused-ring (bicyclic) bond motifs is 1. The van der Waals surface area contributed by atoms with Crippen LogP contribution in [0.1, 0.15) is 23.1 Å². The molecule has 5 nitrogen and oxygen atoms in total. The Morgan fingerprint density at radius 3 is 2.85 bits per heavy atom. The molecule has 2 aromatic rings. The number of carbonyl (C=O) groups is 1. The average molecular weight is 375 g/mol. The minimum atomic E-state index is -0.705. The summed E-state index contributed by atoms with van der Waals surface area (Å²) in [5.41, 5.74) is 9.83. The zero-order valence-electron chi connectivity index (χ0n) is 15.0. The third-order valence-corrected chi connectivity index (χ3v) is 5.15. The van der Waals surface area contributed by atoms with Gasteiger partial charge in [0, 0.05) is 17.3 Å². The molecular weight excluding hydrogens is 352 g/mol. The molecule has 0 fully saturated rings. The average Bonchev–Trinajstić information content (AvgIpc) is 2.62. The molecule has 3 N–H and O–H groups in total. The van der Waals surface area contributed by atoms with E-state index in [9.17, 15) is 9.90 Å². The predicted octanol–water partition coefficient (Wildman–Crippen LogP) is 3.21. The highest BCUT2D eigenvalue weighted by atomic mass is 35.5. The minimum Gasteiger partial charge on any atom is -0.508 e. The molecule has 1 heterocycles. The van der Waals surface area contributed by atoms with Gasteiger partial charge < -0.3 is 20.5 Å². The smallest absolute Gasteiger partial charge is 0.244 e. The Bertz CT molecular complexity index is 815. The van der Waals surface area contributed by atoms with Crippen LogP contribution < -0.4 is 15.4 Å². The van der Waals surface area contributed by atoms with Crippen molar-refractivity contribution in [2.45, 2.75) is 32.2 Å². The topological polar surface area (TPSA) is 75.8 Å². The van der Waals surface area contributed by atoms with Crippen LogP contribution in [0.5, 0.6) is 11.5 Å². The number of ether oxygens (including phenoxy) is 1. The molecule has 6 heteroatoms. The number of aromatic hydroxyl groups is 1. The molecular formula is C20H23ClN2O3. The molecule has 0 bridgehead atoms. The van der Waals surface area contributed by atoms with Gasteiger partial charge in [-0.1, -0.05) is 11.6 Å². The Balaban J connectivity index is 1.82. The second-order valence-electron chi connectivity index (χ2n) is 6.62. The van der Waals surface area contributed by atoms with E-state index in [0.29, 0.717) is 18.0 Å². The van der Waals surface area contributed by atoms with Crippen LogP contribution in [0.4, 0.5) is 5.69 Å². The number of nitrogens with zero attached hydrogens (tertiary/aromatic N) is 1. The summed E-state index contributed by atoms with van der Waals surface area (Å²) in [5.74, 6) is 0.767. The lowest BCUT2D eigenvalue weighted by molar-refractivity contribution is -0.119. The highest BCUT2D eigenvalue weighted by molar-refractivity contribution is 6.31. The van der Waals surface area contributed by atoms with Crippen LogP contribution in [0.15, 0.2) is 30.3 Å². The summed E-state index contributed by atoms with van der Waals surface area (Å²) in [5, 5.41) is 10.0. The van der Waals surface area contributed by atoms with Crippen LogP contribution >= 0.6 is 11.6 Å². The van der Waals surface area contributed by atoms with Gasteiger partial charge in [-0.2, -0.15) is 0 Å². The van der Waals surface area contributed by atoms with E-state index in [1.807, 2.05) is 25.1 Å². The number of methoxy groups -OCH3 is 1. The van der Waals surface area contributed by atoms with Crippen LogP contribution in [0.25, 0.3) is 0 Å². The predicted molar refractivity (Wildman–Crippen MR) is 103 cm³/mol. The third-order valence-electron chi connectivity index (χ3n) is 4.82. The maximum atomic E-state index is 13.0. The highest BCUT2D eigenvalue weighted by Crippen LogP contribution is 2.32. The molecule has 26 heavy (non-hydrogen) atoms. The lowest BCUT2D eigenvalue weighted by Gasteiger charge is -2.32. The van der Waals surface area contributed by atoms with Gasteiger partial charge in [-0.25, -0.2) is 0 Å². The normalized spacial score (nSPS) is 14.7. The number of phenolic OH excluding ortho intramolecular Hbond substituents is 1. The summed E-state index contributed by atoms with van der Waals surface area (Å²) in [6, 6.07) is 8.14. The van der Waals surface area contributed by atoms with Crippen molar-refractivity contribution in [3.8, 4) is 11.5 Å². The van der Waals surface area contributed by atoms with Crippen LogP contribution in [-0.2, 0) is 17.6 Å². The first-order valence-corrected chi connectivity index (χ1v) is 9.00. The third kappa shape index (κ3) is 3.64. The number of carbonyl (C=O) groups excluding carboxylic acids is 1. The molecule has 0 unspecified atom stereocenters. The first-order valence-electron chi connectivity index (χ1n) is 8.62. The van der Waals surface area contributed by atoms with Gasteiger partial charge in [0.15, 0.2) is 0 Å². The van der Waals surface area contributed by atoms with Gasteiger partial charge in [-0.3, -0.25) is 4.79 Å². The van der Waals surface area contributed by atoms with Crippen molar-refractivity contribution in [3.05, 3.63) is 52.0 Å². The van der Waals surface area contributed by atoms with Crippen molar-refractivity contribution < 1.29 is 14.6 Å². The number of rotatable bonds is 4. The number of anilines is 1. The fourth-order valence-corrected chi connectivity index (χ4v) is 3.79. The SMILES string of the molecule is COc1ccc2c(c1)CCCN2C(=O)[C@H](N)Cc1c(C)cc(O)cc1Cl. The minimum absolute atomic E-state index is 0.107. The second-order valence-corrected chi connectivity index (χ2v) is 7.03. The van der Waals surface area contributed by atoms with Crippen molar-refractivity contribution in [2.24, 2.45) is 5.73 Å². The molecule has 138 valence electrons. The van der Waals surface area contributed by atoms with Gasteiger partial charge in [-0.15, -0.1) is 0 Å².